The summed E-state index contributed by atoms with van der Waals surface area (Å²) in [4.78, 5) is 2.57. The summed E-state index contributed by atoms with van der Waals surface area (Å²) < 4.78 is 1.12. The number of halogens is 1. The Balaban J connectivity index is 1.95. The van der Waals surface area contributed by atoms with Gasteiger partial charge in [-0.3, -0.25) is 0 Å². The number of thiophene rings is 1. The van der Waals surface area contributed by atoms with Crippen LogP contribution in [0.1, 0.15) is 30.7 Å². The number of hydrogen-bond donors (Lipinski definition) is 1. The van der Waals surface area contributed by atoms with E-state index in [1.165, 1.54) is 26.1 Å². The van der Waals surface area contributed by atoms with Gasteiger partial charge in [0.25, 0.3) is 0 Å². The molecule has 108 valence electrons. The van der Waals surface area contributed by atoms with Crippen LogP contribution in [0.3, 0.4) is 0 Å². The van der Waals surface area contributed by atoms with Gasteiger partial charge in [-0.2, -0.15) is 0 Å². The number of rotatable bonds is 4. The molecule has 1 nitrogen and oxygen atoms in total. The molecule has 0 aliphatic heterocycles. The molecule has 3 rings (SSSR count). The molecular formula is C18H18BrNS. The van der Waals surface area contributed by atoms with Gasteiger partial charge in [-0.05, 0) is 53.1 Å². The molecule has 1 aromatic heterocycles. The van der Waals surface area contributed by atoms with E-state index in [0.29, 0.717) is 0 Å². The fourth-order valence-corrected chi connectivity index (χ4v) is 3.95. The van der Waals surface area contributed by atoms with E-state index in [9.17, 15) is 0 Å². The summed E-state index contributed by atoms with van der Waals surface area (Å²) in [5.41, 5.74) is 7.48. The van der Waals surface area contributed by atoms with Crippen LogP contribution in [0, 0.1) is 0 Å². The zero-order chi connectivity index (χ0) is 14.8. The highest BCUT2D eigenvalue weighted by atomic mass is 79.9. The van der Waals surface area contributed by atoms with E-state index in [-0.39, 0.29) is 6.04 Å². The van der Waals surface area contributed by atoms with Crippen LogP contribution in [0.5, 0.6) is 0 Å². The SMILES string of the molecule is CCCC(N)c1ccc(-c2ccc3cc(Br)ccc3c2)s1. The van der Waals surface area contributed by atoms with E-state index in [2.05, 4.69) is 71.4 Å². The second kappa shape index (κ2) is 6.30. The molecule has 0 saturated carbocycles. The molecule has 0 radical (unpaired) electrons. The summed E-state index contributed by atoms with van der Waals surface area (Å²) in [5, 5.41) is 2.52. The number of fused-ring (bicyclic) bond motifs is 1. The van der Waals surface area contributed by atoms with Crippen LogP contribution in [0.25, 0.3) is 21.2 Å². The molecule has 1 unspecified atom stereocenters. The monoisotopic (exact) mass is 359 g/mol. The summed E-state index contributed by atoms with van der Waals surface area (Å²) in [7, 11) is 0. The number of nitrogens with two attached hydrogens (primary N) is 1. The fraction of sp³-hybridized carbons (Fsp3) is 0.222. The standard InChI is InChI=1S/C18H18BrNS/c1-2-3-16(20)18-9-8-17(21-18)14-5-4-13-11-15(19)7-6-12(13)10-14/h4-11,16H,2-3,20H2,1H3. The van der Waals surface area contributed by atoms with Crippen molar-refractivity contribution in [1.82, 2.24) is 0 Å². The van der Waals surface area contributed by atoms with E-state index < -0.39 is 0 Å². The Bertz CT molecular complexity index is 763. The summed E-state index contributed by atoms with van der Waals surface area (Å²) >= 11 is 5.33. The van der Waals surface area contributed by atoms with Crippen molar-refractivity contribution >= 4 is 38.0 Å². The molecule has 0 aliphatic carbocycles. The molecule has 2 aromatic carbocycles. The zero-order valence-electron chi connectivity index (χ0n) is 12.0. The van der Waals surface area contributed by atoms with E-state index in [1.54, 1.807) is 0 Å². The van der Waals surface area contributed by atoms with Gasteiger partial charge in [0, 0.05) is 20.3 Å². The Morgan fingerprint density at radius 2 is 1.81 bits per heavy atom. The van der Waals surface area contributed by atoms with Crippen molar-refractivity contribution in [1.29, 1.82) is 0 Å². The minimum absolute atomic E-state index is 0.171. The van der Waals surface area contributed by atoms with Gasteiger partial charge in [0.2, 0.25) is 0 Å². The third-order valence-electron chi connectivity index (χ3n) is 3.68. The molecule has 2 N–H and O–H groups in total. The molecule has 1 atom stereocenters. The first-order valence-corrected chi connectivity index (χ1v) is 8.83. The van der Waals surface area contributed by atoms with Crippen molar-refractivity contribution in [3.63, 3.8) is 0 Å². The van der Waals surface area contributed by atoms with Crippen LogP contribution in [-0.2, 0) is 0 Å². The number of hydrogen-bond acceptors (Lipinski definition) is 2. The van der Waals surface area contributed by atoms with Crippen LogP contribution in [0.2, 0.25) is 0 Å². The van der Waals surface area contributed by atoms with Gasteiger partial charge >= 0.3 is 0 Å². The normalized spacial score (nSPS) is 12.7. The molecule has 0 amide bonds. The van der Waals surface area contributed by atoms with E-state index in [1.807, 2.05) is 11.3 Å². The summed E-state index contributed by atoms with van der Waals surface area (Å²) in [6.45, 7) is 2.18. The topological polar surface area (TPSA) is 26.0 Å². The van der Waals surface area contributed by atoms with Gasteiger partial charge in [-0.1, -0.05) is 47.5 Å². The molecule has 0 spiro atoms. The highest BCUT2D eigenvalue weighted by molar-refractivity contribution is 9.10. The lowest BCUT2D eigenvalue weighted by Crippen LogP contribution is -2.07. The lowest BCUT2D eigenvalue weighted by molar-refractivity contribution is 0.648. The Morgan fingerprint density at radius 3 is 2.62 bits per heavy atom. The van der Waals surface area contributed by atoms with Crippen LogP contribution >= 0.6 is 27.3 Å². The van der Waals surface area contributed by atoms with E-state index in [0.717, 1.165) is 17.3 Å². The maximum absolute atomic E-state index is 6.21. The maximum Gasteiger partial charge on any atom is 0.0389 e. The van der Waals surface area contributed by atoms with E-state index >= 15 is 0 Å². The molecule has 0 aliphatic rings. The van der Waals surface area contributed by atoms with Gasteiger partial charge in [-0.15, -0.1) is 11.3 Å². The van der Waals surface area contributed by atoms with Crippen LogP contribution in [0.15, 0.2) is 53.0 Å². The predicted octanol–water partition coefficient (Wildman–Crippen LogP) is 6.13. The highest BCUT2D eigenvalue weighted by Crippen LogP contribution is 2.34. The molecule has 21 heavy (non-hydrogen) atoms. The summed E-state index contributed by atoms with van der Waals surface area (Å²) in [6.07, 6.45) is 2.17. The number of benzene rings is 2. The van der Waals surface area contributed by atoms with Crippen molar-refractivity contribution in [2.45, 2.75) is 25.8 Å². The van der Waals surface area contributed by atoms with Gasteiger partial charge in [0.1, 0.15) is 0 Å². The van der Waals surface area contributed by atoms with Crippen molar-refractivity contribution in [3.8, 4) is 10.4 Å². The van der Waals surface area contributed by atoms with Crippen molar-refractivity contribution < 1.29 is 0 Å². The van der Waals surface area contributed by atoms with E-state index in [4.69, 9.17) is 5.73 Å². The average Bonchev–Trinajstić information content (AvgIpc) is 2.97. The predicted molar refractivity (Wildman–Crippen MR) is 96.8 cm³/mol. The average molecular weight is 360 g/mol. The van der Waals surface area contributed by atoms with Crippen molar-refractivity contribution in [3.05, 3.63) is 57.9 Å². The zero-order valence-corrected chi connectivity index (χ0v) is 14.4. The second-order valence-electron chi connectivity index (χ2n) is 5.30. The lowest BCUT2D eigenvalue weighted by atomic mass is 10.1. The van der Waals surface area contributed by atoms with Gasteiger partial charge in [0.05, 0.1) is 0 Å². The van der Waals surface area contributed by atoms with Gasteiger partial charge < -0.3 is 5.73 Å². The molecule has 0 fully saturated rings. The van der Waals surface area contributed by atoms with Crippen molar-refractivity contribution in [2.24, 2.45) is 5.73 Å². The van der Waals surface area contributed by atoms with Crippen LogP contribution in [0.4, 0.5) is 0 Å². The largest absolute Gasteiger partial charge is 0.323 e. The molecule has 3 heteroatoms. The minimum atomic E-state index is 0.171. The molecule has 1 heterocycles. The first-order valence-electron chi connectivity index (χ1n) is 7.22. The first kappa shape index (κ1) is 14.8. The Morgan fingerprint density at radius 1 is 1.05 bits per heavy atom. The van der Waals surface area contributed by atoms with Crippen LogP contribution in [-0.4, -0.2) is 0 Å². The minimum Gasteiger partial charge on any atom is -0.323 e. The van der Waals surface area contributed by atoms with Gasteiger partial charge in [-0.25, -0.2) is 0 Å². The Kier molecular flexibility index (Phi) is 4.43. The second-order valence-corrected chi connectivity index (χ2v) is 7.33. The lowest BCUT2D eigenvalue weighted by Gasteiger charge is -2.06. The van der Waals surface area contributed by atoms with Gasteiger partial charge in [0.15, 0.2) is 0 Å². The Hall–Kier alpha value is -1.16. The molecule has 0 bridgehead atoms. The van der Waals surface area contributed by atoms with Crippen LogP contribution < -0.4 is 5.73 Å². The van der Waals surface area contributed by atoms with Crippen molar-refractivity contribution in [2.75, 3.05) is 0 Å². The Labute approximate surface area is 137 Å². The quantitative estimate of drug-likeness (QED) is 0.595. The molecular weight excluding hydrogens is 342 g/mol. The summed E-state index contributed by atoms with van der Waals surface area (Å²) in [6, 6.07) is 17.5. The first-order chi connectivity index (χ1) is 10.2. The summed E-state index contributed by atoms with van der Waals surface area (Å²) in [5.74, 6) is 0. The maximum atomic E-state index is 6.21. The highest BCUT2D eigenvalue weighted by Gasteiger charge is 2.09. The smallest absolute Gasteiger partial charge is 0.0389 e. The third-order valence-corrected chi connectivity index (χ3v) is 5.44. The third kappa shape index (κ3) is 3.20. The fourth-order valence-electron chi connectivity index (χ4n) is 2.53. The molecule has 0 saturated heterocycles. The molecule has 3 aromatic rings.